The molecule has 0 amide bonds. The summed E-state index contributed by atoms with van der Waals surface area (Å²) in [5, 5.41) is 0.910. The van der Waals surface area contributed by atoms with Gasteiger partial charge in [-0.25, -0.2) is 44.4 Å². The van der Waals surface area contributed by atoms with Crippen LogP contribution in [0.25, 0.3) is 96.5 Å². The van der Waals surface area contributed by atoms with Gasteiger partial charge < -0.3 is 8.83 Å². The van der Waals surface area contributed by atoms with Crippen LogP contribution >= 0.6 is 0 Å². The number of halogens is 4. The zero-order valence-electron chi connectivity index (χ0n) is 59.2. The number of benzene rings is 6. The molecule has 0 radical (unpaired) electrons. The molecule has 14 nitrogen and oxygen atoms in total. The quantitative estimate of drug-likeness (QED) is 0.0300. The number of unbranched alkanes of at least 4 members (excludes halogenated alkanes) is 3. The number of nitrogens with zero attached hydrogens (tertiary/aromatic N) is 6. The largest absolute Gasteiger partial charge is 0.455 e. The SMILES string of the molecule is C=Cc1ncc(-c2cc3c(C(=O)CC)c(-c4ccc(F)cc4)oc3cc2N(C)S(C)(=O)=O)nc1C1=Cc2c(F)cccc2C1.C=[CH][Sn]([CH2]CCC)([CH2]CCC)[CH2]CCC.CCC(=O)c1c(-c2ccc(F)cc2)oc2cc(N(C)S(C)(=O)=O)c(-c3cnc(C)c(C4=Cc5c(F)cccc5C4)n3)cc12. The fraction of sp³-hybridized carbons (Fsp3) is 0.284. The number of anilines is 2. The van der Waals surface area contributed by atoms with Crippen LogP contribution in [0.15, 0.2) is 148 Å². The Labute approximate surface area is 599 Å². The molecule has 4 heterocycles. The van der Waals surface area contributed by atoms with Gasteiger partial charge in [0, 0.05) is 96.1 Å². The first-order chi connectivity index (χ1) is 48.7. The zero-order valence-corrected chi connectivity index (χ0v) is 63.7. The van der Waals surface area contributed by atoms with E-state index in [1.165, 1.54) is 119 Å². The zero-order chi connectivity index (χ0) is 73.5. The molecule has 0 atom stereocenters. The molecular formula is C81H84F4N6O8S2Sn. The van der Waals surface area contributed by atoms with Crippen molar-refractivity contribution in [2.75, 3.05) is 35.2 Å². The smallest absolute Gasteiger partial charge is 0.232 e. The minimum absolute atomic E-state index is 0.173. The van der Waals surface area contributed by atoms with E-state index in [2.05, 4.69) is 48.0 Å². The number of allylic oxidation sites excluding steroid dienone is 2. The molecule has 0 fully saturated rings. The number of sulfonamides is 2. The van der Waals surface area contributed by atoms with Crippen LogP contribution in [0.1, 0.15) is 152 Å². The molecule has 0 bridgehead atoms. The van der Waals surface area contributed by atoms with E-state index in [4.69, 9.17) is 18.8 Å². The van der Waals surface area contributed by atoms with Gasteiger partial charge in [-0.1, -0.05) is 44.7 Å². The third kappa shape index (κ3) is 16.2. The number of Topliss-reactive ketones (excluding diaryl/α,β-unsaturated/α-hetero) is 2. The van der Waals surface area contributed by atoms with Gasteiger partial charge in [0.15, 0.2) is 11.6 Å². The van der Waals surface area contributed by atoms with Gasteiger partial charge in [-0.15, -0.1) is 0 Å². The standard InChI is InChI=1S/C34H27F2N3O4S.C33H27F2N3O4S.3C4H9.C2H3.Sn/c1-5-27-33(21-14-20-8-7-9-26(36)23(20)15-21)38-28(18-37-27)24-16-25-31(17-29(24)39(3)44(4,41)42)43-34(32(25)30(40)6-2)19-10-12-22(35)13-11-19;1-5-29(39)31-25-15-24(27-17-36-18(2)32(37-27)21-13-20-7-6-8-26(35)23(20)14-21)28(38(3)43(4,40)41)16-30(25)42-33(31)19-9-11-22(34)12-10-19;3*1-3-4-2;1-2;/h5,7-13,15-18H,1,6,14H2,2-4H3;6-12,14-17H,5,13H2,1-4H3;3*1,3-4H2,2H3;1H,2H2;. The van der Waals surface area contributed by atoms with Crippen LogP contribution in [0.5, 0.6) is 0 Å². The monoisotopic (exact) mass is 1530 g/mol. The molecule has 0 saturated carbocycles. The van der Waals surface area contributed by atoms with Crippen molar-refractivity contribution in [3.05, 3.63) is 218 Å². The van der Waals surface area contributed by atoms with Gasteiger partial charge in [-0.2, -0.15) is 0 Å². The summed E-state index contributed by atoms with van der Waals surface area (Å²) in [5.41, 5.74) is 10.5. The molecule has 0 spiro atoms. The van der Waals surface area contributed by atoms with Crippen molar-refractivity contribution in [3.8, 4) is 45.2 Å². The van der Waals surface area contributed by atoms with Crippen LogP contribution in [0.4, 0.5) is 28.9 Å². The number of fused-ring (bicyclic) bond motifs is 4. The number of hydrogen-bond donors (Lipinski definition) is 0. The summed E-state index contributed by atoms with van der Waals surface area (Å²) < 4.78 is 129. The summed E-state index contributed by atoms with van der Waals surface area (Å²) in [6.45, 7) is 20.3. The maximum absolute atomic E-state index is 14.6. The van der Waals surface area contributed by atoms with Crippen LogP contribution in [-0.2, 0) is 32.9 Å². The maximum atomic E-state index is 14.6. The van der Waals surface area contributed by atoms with Crippen LogP contribution in [0.3, 0.4) is 0 Å². The van der Waals surface area contributed by atoms with Crippen molar-refractivity contribution in [2.24, 2.45) is 0 Å². The maximum Gasteiger partial charge on any atom is 0.232 e. The fourth-order valence-corrected chi connectivity index (χ4v) is 27.1. The fourth-order valence-electron chi connectivity index (χ4n) is 13.1. The van der Waals surface area contributed by atoms with Gasteiger partial charge in [0.1, 0.15) is 46.0 Å². The van der Waals surface area contributed by atoms with E-state index in [0.717, 1.165) is 43.4 Å². The van der Waals surface area contributed by atoms with Gasteiger partial charge in [-0.05, 0) is 120 Å². The molecule has 4 aromatic heterocycles. The van der Waals surface area contributed by atoms with Gasteiger partial charge >= 0.3 is 102 Å². The second kappa shape index (κ2) is 32.0. The molecule has 12 rings (SSSR count). The molecule has 0 unspecified atom stereocenters. The molecule has 102 heavy (non-hydrogen) atoms. The number of aryl methyl sites for hydroxylation is 1. The summed E-state index contributed by atoms with van der Waals surface area (Å²) in [4.78, 5) is 45.5. The molecular weight excluding hydrogens is 1440 g/mol. The number of carbonyl (C=O) groups excluding carboxylic acids is 2. The number of ketones is 2. The van der Waals surface area contributed by atoms with E-state index >= 15 is 0 Å². The number of rotatable bonds is 25. The molecule has 0 saturated heterocycles. The van der Waals surface area contributed by atoms with Gasteiger partial charge in [-0.3, -0.25) is 28.2 Å². The topological polar surface area (TPSA) is 187 Å². The molecule has 21 heteroatoms. The second-order valence-electron chi connectivity index (χ2n) is 25.9. The average Bonchev–Trinajstić information content (AvgIpc) is 1.55. The third-order valence-electron chi connectivity index (χ3n) is 19.0. The molecule has 2 aliphatic rings. The van der Waals surface area contributed by atoms with E-state index < -0.39 is 50.1 Å². The third-order valence-corrected chi connectivity index (χ3v) is 35.4. The molecule has 0 aliphatic heterocycles. The van der Waals surface area contributed by atoms with Crippen LogP contribution in [0.2, 0.25) is 13.3 Å². The summed E-state index contributed by atoms with van der Waals surface area (Å²) >= 11 is -1.85. The predicted octanol–water partition coefficient (Wildman–Crippen LogP) is 20.4. The Morgan fingerprint density at radius 3 is 1.34 bits per heavy atom. The van der Waals surface area contributed by atoms with Crippen molar-refractivity contribution in [3.63, 3.8) is 0 Å². The number of carbonyl (C=O) groups is 2. The molecule has 10 aromatic rings. The number of aromatic nitrogens is 4. The first-order valence-electron chi connectivity index (χ1n) is 34.3. The first kappa shape index (κ1) is 75.5. The van der Waals surface area contributed by atoms with Crippen molar-refractivity contribution >= 4 is 113 Å². The minimum atomic E-state index is -3.75. The Kier molecular flexibility index (Phi) is 23.7. The number of hydrogen-bond acceptors (Lipinski definition) is 12. The van der Waals surface area contributed by atoms with Crippen LogP contribution in [0, 0.1) is 30.2 Å². The summed E-state index contributed by atoms with van der Waals surface area (Å²) in [6, 6.07) is 27.5. The van der Waals surface area contributed by atoms with Crippen molar-refractivity contribution in [2.45, 2.75) is 119 Å². The summed E-state index contributed by atoms with van der Waals surface area (Å²) in [7, 11) is -4.65. The Hall–Kier alpha value is -9.12. The van der Waals surface area contributed by atoms with Crippen molar-refractivity contribution in [1.29, 1.82) is 0 Å². The summed E-state index contributed by atoms with van der Waals surface area (Å²) in [5.74, 6) is -1.41. The average molecular weight is 1530 g/mol. The van der Waals surface area contributed by atoms with E-state index in [9.17, 15) is 44.0 Å². The van der Waals surface area contributed by atoms with E-state index in [1.807, 2.05) is 19.1 Å². The molecule has 6 aromatic carbocycles. The van der Waals surface area contributed by atoms with Gasteiger partial charge in [0.25, 0.3) is 0 Å². The predicted molar refractivity (Wildman–Crippen MR) is 407 cm³/mol. The van der Waals surface area contributed by atoms with E-state index in [0.29, 0.717) is 102 Å². The van der Waals surface area contributed by atoms with Gasteiger partial charge in [0.2, 0.25) is 20.0 Å². The van der Waals surface area contributed by atoms with Crippen molar-refractivity contribution in [1.82, 2.24) is 19.9 Å². The van der Waals surface area contributed by atoms with E-state index in [-0.39, 0.29) is 70.1 Å². The number of furan rings is 2. The Balaban J connectivity index is 0.000000184. The molecule has 530 valence electrons. The second-order valence-corrected chi connectivity index (χ2v) is 43.2. The van der Waals surface area contributed by atoms with Crippen molar-refractivity contribution < 1.29 is 52.8 Å². The Morgan fingerprint density at radius 2 is 0.971 bits per heavy atom. The summed E-state index contributed by atoms with van der Waals surface area (Å²) in [6.07, 6.45) is 20.0. The Bertz CT molecular complexity index is 5160. The first-order valence-corrected chi connectivity index (χ1v) is 45.7. The molecule has 2 aliphatic carbocycles. The van der Waals surface area contributed by atoms with Crippen LogP contribution in [-0.4, -0.2) is 93.3 Å². The van der Waals surface area contributed by atoms with E-state index in [1.54, 1.807) is 88.0 Å². The minimum Gasteiger partial charge on any atom is -0.455 e. The van der Waals surface area contributed by atoms with Gasteiger partial charge in [0.05, 0.1) is 81.6 Å². The van der Waals surface area contributed by atoms with Crippen LogP contribution < -0.4 is 8.61 Å². The normalized spacial score (nSPS) is 12.6. The Morgan fingerprint density at radius 1 is 0.569 bits per heavy atom. The molecule has 0 N–H and O–H groups in total.